The number of alkyl halides is 1. The number of nitrogens with zero attached hydrogens (tertiary/aromatic N) is 3. The van der Waals surface area contributed by atoms with Crippen molar-refractivity contribution in [3.8, 4) is 0 Å². The first-order valence-corrected chi connectivity index (χ1v) is 7.15. The second kappa shape index (κ2) is 4.90. The van der Waals surface area contributed by atoms with Crippen LogP contribution in [0.25, 0.3) is 11.0 Å². The fourth-order valence-corrected chi connectivity index (χ4v) is 2.84. The molecule has 0 aliphatic carbocycles. The Hall–Kier alpha value is -1.46. The molecule has 0 saturated carbocycles. The van der Waals surface area contributed by atoms with Crippen molar-refractivity contribution < 1.29 is 4.39 Å². The van der Waals surface area contributed by atoms with Crippen LogP contribution in [0.2, 0.25) is 0 Å². The van der Waals surface area contributed by atoms with Crippen molar-refractivity contribution in [3.05, 3.63) is 46.4 Å². The number of thiazole rings is 1. The molecule has 98 valence electrons. The third kappa shape index (κ3) is 2.24. The maximum absolute atomic E-state index is 13.8. The monoisotopic (exact) mass is 295 g/mol. The molecule has 3 rings (SSSR count). The molecule has 3 aromatic rings. The summed E-state index contributed by atoms with van der Waals surface area (Å²) in [5.74, 6) is 0.339. The van der Waals surface area contributed by atoms with Crippen LogP contribution < -0.4 is 0 Å². The predicted octanol–water partition coefficient (Wildman–Crippen LogP) is 3.98. The largest absolute Gasteiger partial charge is 0.320 e. The van der Waals surface area contributed by atoms with Gasteiger partial charge in [0.1, 0.15) is 16.3 Å². The van der Waals surface area contributed by atoms with E-state index in [0.717, 1.165) is 10.5 Å². The molecular weight excluding hydrogens is 285 g/mol. The average Bonchev–Trinajstić information content (AvgIpc) is 2.99. The van der Waals surface area contributed by atoms with Crippen LogP contribution in [0.1, 0.15) is 23.1 Å². The Labute approximate surface area is 118 Å². The fraction of sp³-hybridized carbons (Fsp3) is 0.231. The second-order valence-corrected chi connectivity index (χ2v) is 5.84. The van der Waals surface area contributed by atoms with Gasteiger partial charge in [-0.15, -0.1) is 22.9 Å². The Morgan fingerprint density at radius 2 is 2.32 bits per heavy atom. The number of imidazole rings is 1. The summed E-state index contributed by atoms with van der Waals surface area (Å²) < 4.78 is 15.7. The normalized spacial score (nSPS) is 13.0. The minimum atomic E-state index is -0.325. The Bertz CT molecular complexity index is 706. The molecule has 0 aliphatic rings. The van der Waals surface area contributed by atoms with E-state index in [-0.39, 0.29) is 11.2 Å². The topological polar surface area (TPSA) is 30.7 Å². The number of hydrogen-bond donors (Lipinski definition) is 0. The number of fused-ring (bicyclic) bond motifs is 1. The maximum atomic E-state index is 13.8. The van der Waals surface area contributed by atoms with Crippen molar-refractivity contribution >= 4 is 34.0 Å². The molecule has 0 radical (unpaired) electrons. The van der Waals surface area contributed by atoms with Gasteiger partial charge in [0.05, 0.1) is 17.4 Å². The highest BCUT2D eigenvalue weighted by Gasteiger charge is 2.17. The van der Waals surface area contributed by atoms with E-state index in [1.165, 1.54) is 6.07 Å². The first-order valence-electron chi connectivity index (χ1n) is 5.84. The second-order valence-electron chi connectivity index (χ2n) is 4.21. The van der Waals surface area contributed by atoms with E-state index in [1.807, 2.05) is 22.9 Å². The summed E-state index contributed by atoms with van der Waals surface area (Å²) in [5, 5.41) is 2.58. The Kier molecular flexibility index (Phi) is 3.24. The summed E-state index contributed by atoms with van der Waals surface area (Å²) in [7, 11) is 0. The molecule has 1 unspecified atom stereocenters. The number of para-hydroxylation sites is 1. The van der Waals surface area contributed by atoms with Gasteiger partial charge in [-0.05, 0) is 19.1 Å². The zero-order valence-electron chi connectivity index (χ0n) is 10.2. The molecule has 1 aromatic carbocycles. The fourth-order valence-electron chi connectivity index (χ4n) is 2.07. The van der Waals surface area contributed by atoms with Crippen molar-refractivity contribution in [2.75, 3.05) is 0 Å². The molecule has 0 spiro atoms. The molecule has 0 saturated heterocycles. The van der Waals surface area contributed by atoms with E-state index in [1.54, 1.807) is 23.6 Å². The lowest BCUT2D eigenvalue weighted by Gasteiger charge is -2.08. The molecule has 0 fully saturated rings. The van der Waals surface area contributed by atoms with Crippen molar-refractivity contribution in [1.29, 1.82) is 0 Å². The Balaban J connectivity index is 2.19. The molecule has 19 heavy (non-hydrogen) atoms. The van der Waals surface area contributed by atoms with Crippen LogP contribution in [-0.4, -0.2) is 14.5 Å². The quantitative estimate of drug-likeness (QED) is 0.684. The zero-order chi connectivity index (χ0) is 13.4. The molecule has 3 nitrogen and oxygen atoms in total. The third-order valence-corrected chi connectivity index (χ3v) is 3.85. The summed E-state index contributed by atoms with van der Waals surface area (Å²) in [6, 6.07) is 4.94. The summed E-state index contributed by atoms with van der Waals surface area (Å²) in [6.07, 6.45) is 1.75. The minimum Gasteiger partial charge on any atom is -0.320 e. The van der Waals surface area contributed by atoms with Crippen molar-refractivity contribution in [3.63, 3.8) is 0 Å². The smallest absolute Gasteiger partial charge is 0.151 e. The van der Waals surface area contributed by atoms with Gasteiger partial charge in [0.25, 0.3) is 0 Å². The minimum absolute atomic E-state index is 0.285. The van der Waals surface area contributed by atoms with Crippen LogP contribution in [-0.2, 0) is 6.54 Å². The maximum Gasteiger partial charge on any atom is 0.151 e. The van der Waals surface area contributed by atoms with Crippen LogP contribution >= 0.6 is 22.9 Å². The zero-order valence-corrected chi connectivity index (χ0v) is 11.7. The highest BCUT2D eigenvalue weighted by atomic mass is 35.5. The molecule has 0 N–H and O–H groups in total. The molecule has 0 bridgehead atoms. The molecule has 1 atom stereocenters. The number of rotatable bonds is 3. The first kappa shape index (κ1) is 12.6. The van der Waals surface area contributed by atoms with Gasteiger partial charge < -0.3 is 4.57 Å². The van der Waals surface area contributed by atoms with Gasteiger partial charge in [0.15, 0.2) is 5.82 Å². The van der Waals surface area contributed by atoms with Crippen LogP contribution in [0, 0.1) is 5.82 Å². The number of aromatic nitrogens is 3. The van der Waals surface area contributed by atoms with Crippen LogP contribution in [0.4, 0.5) is 4.39 Å². The summed E-state index contributed by atoms with van der Waals surface area (Å²) in [5.41, 5.74) is 1.11. The standard InChI is InChI=1S/C13H11ClFN3S/c1-8(14)13-17-12-9(15)3-2-4-10(12)18(13)7-11-16-5-6-19-11/h2-6,8H,7H2,1H3. The molecular formula is C13H11ClFN3S. The van der Waals surface area contributed by atoms with Gasteiger partial charge in [0, 0.05) is 11.6 Å². The highest BCUT2D eigenvalue weighted by Crippen LogP contribution is 2.27. The van der Waals surface area contributed by atoms with E-state index in [4.69, 9.17) is 11.6 Å². The van der Waals surface area contributed by atoms with E-state index < -0.39 is 0 Å². The van der Waals surface area contributed by atoms with Gasteiger partial charge in [0.2, 0.25) is 0 Å². The van der Waals surface area contributed by atoms with Gasteiger partial charge in [-0.3, -0.25) is 0 Å². The van der Waals surface area contributed by atoms with Gasteiger partial charge in [-0.25, -0.2) is 14.4 Å². The van der Waals surface area contributed by atoms with Gasteiger partial charge in [-0.1, -0.05) is 6.07 Å². The van der Waals surface area contributed by atoms with Gasteiger partial charge >= 0.3 is 0 Å². The Morgan fingerprint density at radius 1 is 1.47 bits per heavy atom. The van der Waals surface area contributed by atoms with Crippen molar-refractivity contribution in [1.82, 2.24) is 14.5 Å². The van der Waals surface area contributed by atoms with Crippen LogP contribution in [0.5, 0.6) is 0 Å². The Morgan fingerprint density at radius 3 is 3.00 bits per heavy atom. The highest BCUT2D eigenvalue weighted by molar-refractivity contribution is 7.09. The van der Waals surface area contributed by atoms with Crippen LogP contribution in [0.3, 0.4) is 0 Å². The lowest BCUT2D eigenvalue weighted by Crippen LogP contribution is -2.05. The summed E-state index contributed by atoms with van der Waals surface area (Å²) >= 11 is 7.71. The summed E-state index contributed by atoms with van der Waals surface area (Å²) in [6.45, 7) is 2.39. The van der Waals surface area contributed by atoms with Crippen LogP contribution in [0.15, 0.2) is 29.8 Å². The SMILES string of the molecule is CC(Cl)c1nc2c(F)cccc2n1Cc1nccs1. The predicted molar refractivity (Wildman–Crippen MR) is 75.2 cm³/mol. The lowest BCUT2D eigenvalue weighted by molar-refractivity contribution is 0.637. The van der Waals surface area contributed by atoms with E-state index >= 15 is 0 Å². The molecule has 2 heterocycles. The lowest BCUT2D eigenvalue weighted by atomic mass is 10.3. The van der Waals surface area contributed by atoms with E-state index in [2.05, 4.69) is 9.97 Å². The van der Waals surface area contributed by atoms with E-state index in [9.17, 15) is 4.39 Å². The third-order valence-electron chi connectivity index (χ3n) is 2.89. The van der Waals surface area contributed by atoms with Crippen molar-refractivity contribution in [2.24, 2.45) is 0 Å². The first-order chi connectivity index (χ1) is 9.16. The summed E-state index contributed by atoms with van der Waals surface area (Å²) in [4.78, 5) is 8.58. The number of hydrogen-bond acceptors (Lipinski definition) is 3. The van der Waals surface area contributed by atoms with E-state index in [0.29, 0.717) is 17.9 Å². The average molecular weight is 296 g/mol. The molecule has 6 heteroatoms. The molecule has 2 aromatic heterocycles. The molecule has 0 aliphatic heterocycles. The van der Waals surface area contributed by atoms with Gasteiger partial charge in [-0.2, -0.15) is 0 Å². The number of benzene rings is 1. The molecule has 0 amide bonds. The van der Waals surface area contributed by atoms with Crippen molar-refractivity contribution in [2.45, 2.75) is 18.8 Å². The number of halogens is 2.